The molecule has 2 aliphatic rings. The lowest BCUT2D eigenvalue weighted by molar-refractivity contribution is -0.131. The lowest BCUT2D eigenvalue weighted by atomic mass is 9.62. The van der Waals surface area contributed by atoms with Crippen LogP contribution in [0, 0.1) is 0 Å². The second-order valence-corrected chi connectivity index (χ2v) is 8.95. The molecule has 0 radical (unpaired) electrons. The molecule has 0 spiro atoms. The molecule has 1 unspecified atom stereocenters. The number of methoxy groups -OCH3 is 1. The van der Waals surface area contributed by atoms with Crippen LogP contribution in [0.3, 0.4) is 0 Å². The third-order valence-electron chi connectivity index (χ3n) is 6.34. The molecule has 0 aromatic heterocycles. The smallest absolute Gasteiger partial charge is 0.328 e. The molecular weight excluding hydrogens is 324 g/mol. The van der Waals surface area contributed by atoms with Crippen molar-refractivity contribution in [3.63, 3.8) is 0 Å². The van der Waals surface area contributed by atoms with Crippen molar-refractivity contribution in [1.29, 1.82) is 0 Å². The number of hydrogen-bond acceptors (Lipinski definition) is 2. The summed E-state index contributed by atoms with van der Waals surface area (Å²) in [5, 5.41) is 9.06. The Morgan fingerprint density at radius 2 is 1.73 bits per heavy atom. The summed E-state index contributed by atoms with van der Waals surface area (Å²) in [4.78, 5) is 11.0. The number of carboxylic acids is 1. The van der Waals surface area contributed by atoms with Crippen molar-refractivity contribution < 1.29 is 14.6 Å². The first-order chi connectivity index (χ1) is 12.1. The van der Waals surface area contributed by atoms with E-state index in [1.807, 2.05) is 0 Å². The number of fused-ring (bicyclic) bond motifs is 1. The highest BCUT2D eigenvalue weighted by atomic mass is 16.5. The van der Waals surface area contributed by atoms with Gasteiger partial charge in [0.15, 0.2) is 0 Å². The minimum absolute atomic E-state index is 0.145. The minimum atomic E-state index is -0.944. The lowest BCUT2D eigenvalue weighted by Crippen LogP contribution is -2.34. The maximum absolute atomic E-state index is 11.0. The van der Waals surface area contributed by atoms with Gasteiger partial charge in [-0.2, -0.15) is 0 Å². The van der Waals surface area contributed by atoms with Gasteiger partial charge in [0.1, 0.15) is 5.60 Å². The van der Waals surface area contributed by atoms with Crippen LogP contribution in [0.5, 0.6) is 0 Å². The predicted octanol–water partition coefficient (Wildman–Crippen LogP) is 5.24. The van der Waals surface area contributed by atoms with Gasteiger partial charge in [0, 0.05) is 13.2 Å². The highest BCUT2D eigenvalue weighted by Crippen LogP contribution is 2.48. The fourth-order valence-corrected chi connectivity index (χ4v) is 4.52. The van der Waals surface area contributed by atoms with E-state index in [1.54, 1.807) is 13.2 Å². The molecule has 1 atom stereocenters. The number of carbonyl (C=O) groups is 1. The Labute approximate surface area is 156 Å². The van der Waals surface area contributed by atoms with Crippen molar-refractivity contribution in [2.75, 3.05) is 7.11 Å². The van der Waals surface area contributed by atoms with E-state index in [2.05, 4.69) is 52.0 Å². The van der Waals surface area contributed by atoms with E-state index >= 15 is 0 Å². The number of ether oxygens (including phenoxy) is 1. The molecule has 0 aliphatic heterocycles. The first-order valence-electron chi connectivity index (χ1n) is 9.45. The van der Waals surface area contributed by atoms with E-state index in [-0.39, 0.29) is 10.8 Å². The maximum Gasteiger partial charge on any atom is 0.328 e. The van der Waals surface area contributed by atoms with Crippen LogP contribution in [0.1, 0.15) is 70.1 Å². The van der Waals surface area contributed by atoms with Crippen LogP contribution in [-0.2, 0) is 20.4 Å². The van der Waals surface area contributed by atoms with Gasteiger partial charge >= 0.3 is 5.97 Å². The van der Waals surface area contributed by atoms with Gasteiger partial charge in [0.05, 0.1) is 0 Å². The summed E-state index contributed by atoms with van der Waals surface area (Å²) in [6, 6.07) is 6.77. The summed E-state index contributed by atoms with van der Waals surface area (Å²) >= 11 is 0. The molecule has 3 nitrogen and oxygen atoms in total. The Bertz CT molecular complexity index is 783. The maximum atomic E-state index is 11.0. The number of benzene rings is 1. The second-order valence-electron chi connectivity index (χ2n) is 8.95. The molecule has 0 amide bonds. The van der Waals surface area contributed by atoms with Crippen molar-refractivity contribution in [3.05, 3.63) is 53.1 Å². The van der Waals surface area contributed by atoms with Crippen molar-refractivity contribution in [2.24, 2.45) is 0 Å². The molecule has 1 aromatic carbocycles. The van der Waals surface area contributed by atoms with Crippen LogP contribution in [0.25, 0.3) is 5.57 Å². The second kappa shape index (κ2) is 6.38. The molecule has 0 fully saturated rings. The number of allylic oxidation sites excluding steroid dienone is 1. The zero-order valence-electron chi connectivity index (χ0n) is 16.6. The van der Waals surface area contributed by atoms with Gasteiger partial charge < -0.3 is 9.84 Å². The van der Waals surface area contributed by atoms with Crippen LogP contribution in [0.2, 0.25) is 0 Å². The van der Waals surface area contributed by atoms with Gasteiger partial charge in [-0.15, -0.1) is 0 Å². The molecule has 0 saturated heterocycles. The number of carboxylic acid groups (broad SMARTS) is 1. The predicted molar refractivity (Wildman–Crippen MR) is 105 cm³/mol. The van der Waals surface area contributed by atoms with E-state index in [0.717, 1.165) is 24.0 Å². The van der Waals surface area contributed by atoms with E-state index in [0.29, 0.717) is 0 Å². The Morgan fingerprint density at radius 3 is 2.35 bits per heavy atom. The van der Waals surface area contributed by atoms with Crippen molar-refractivity contribution in [1.82, 2.24) is 0 Å². The van der Waals surface area contributed by atoms with Crippen molar-refractivity contribution in [2.45, 2.75) is 69.8 Å². The summed E-state index contributed by atoms with van der Waals surface area (Å²) in [5.74, 6) is -0.944. The SMILES string of the molecule is COC1(/C=C/C(=O)O)CCC=C1c1ccc2c(c1)C(C)(C)CCC2(C)C. The molecule has 1 aromatic rings. The molecule has 3 heteroatoms. The molecule has 0 saturated carbocycles. The number of rotatable bonds is 4. The zero-order chi connectivity index (χ0) is 19.2. The van der Waals surface area contributed by atoms with Crippen LogP contribution in [0.15, 0.2) is 36.4 Å². The van der Waals surface area contributed by atoms with E-state index < -0.39 is 11.6 Å². The van der Waals surface area contributed by atoms with Crippen LogP contribution >= 0.6 is 0 Å². The fourth-order valence-electron chi connectivity index (χ4n) is 4.52. The van der Waals surface area contributed by atoms with Crippen molar-refractivity contribution in [3.8, 4) is 0 Å². The third kappa shape index (κ3) is 3.14. The summed E-state index contributed by atoms with van der Waals surface area (Å²) in [7, 11) is 1.66. The zero-order valence-corrected chi connectivity index (χ0v) is 16.6. The van der Waals surface area contributed by atoms with Gasteiger partial charge in [0.25, 0.3) is 0 Å². The van der Waals surface area contributed by atoms with Crippen LogP contribution in [-0.4, -0.2) is 23.8 Å². The normalized spacial score (nSPS) is 26.6. The first kappa shape index (κ1) is 18.9. The lowest BCUT2D eigenvalue weighted by Gasteiger charge is -2.42. The average Bonchev–Trinajstić information content (AvgIpc) is 3.01. The topological polar surface area (TPSA) is 46.5 Å². The Morgan fingerprint density at radius 1 is 1.08 bits per heavy atom. The van der Waals surface area contributed by atoms with Crippen molar-refractivity contribution >= 4 is 11.5 Å². The fraction of sp³-hybridized carbons (Fsp3) is 0.522. The first-order valence-corrected chi connectivity index (χ1v) is 9.45. The summed E-state index contributed by atoms with van der Waals surface area (Å²) < 4.78 is 5.83. The molecule has 1 N–H and O–H groups in total. The average molecular weight is 354 g/mol. The quantitative estimate of drug-likeness (QED) is 0.752. The summed E-state index contributed by atoms with van der Waals surface area (Å²) in [6.07, 6.45) is 9.12. The number of hydrogen-bond donors (Lipinski definition) is 1. The Balaban J connectivity index is 2.09. The van der Waals surface area contributed by atoms with Gasteiger partial charge in [-0.3, -0.25) is 0 Å². The van der Waals surface area contributed by atoms with E-state index in [4.69, 9.17) is 9.84 Å². The molecule has 0 heterocycles. The Hall–Kier alpha value is -1.87. The molecule has 26 heavy (non-hydrogen) atoms. The van der Waals surface area contributed by atoms with Gasteiger partial charge in [-0.05, 0) is 64.9 Å². The van der Waals surface area contributed by atoms with Crippen LogP contribution < -0.4 is 0 Å². The van der Waals surface area contributed by atoms with Gasteiger partial charge in [-0.1, -0.05) is 52.0 Å². The summed E-state index contributed by atoms with van der Waals surface area (Å²) in [6.45, 7) is 9.29. The number of aliphatic carboxylic acids is 1. The van der Waals surface area contributed by atoms with Gasteiger partial charge in [-0.25, -0.2) is 4.79 Å². The standard InChI is InChI=1S/C23H30O3/c1-21(2)13-14-22(3,4)19-15-16(8-9-18(19)21)17-7-6-11-23(17,26-5)12-10-20(24)25/h7-10,12,15H,6,11,13-14H2,1-5H3,(H,24,25)/b12-10+. The molecule has 0 bridgehead atoms. The third-order valence-corrected chi connectivity index (χ3v) is 6.34. The summed E-state index contributed by atoms with van der Waals surface area (Å²) in [5.41, 5.74) is 4.75. The van der Waals surface area contributed by atoms with Crippen LogP contribution in [0.4, 0.5) is 0 Å². The molecule has 2 aliphatic carbocycles. The van der Waals surface area contributed by atoms with E-state index in [9.17, 15) is 4.79 Å². The minimum Gasteiger partial charge on any atom is -0.478 e. The molecule has 3 rings (SSSR count). The molecule has 140 valence electrons. The highest BCUT2D eigenvalue weighted by Gasteiger charge is 2.40. The highest BCUT2D eigenvalue weighted by molar-refractivity contribution is 5.83. The van der Waals surface area contributed by atoms with Gasteiger partial charge in [0.2, 0.25) is 0 Å². The van der Waals surface area contributed by atoms with E-state index in [1.165, 1.54) is 30.0 Å². The Kier molecular flexibility index (Phi) is 4.64. The largest absolute Gasteiger partial charge is 0.478 e. The monoisotopic (exact) mass is 354 g/mol. The molecular formula is C23H30O3.